The van der Waals surface area contributed by atoms with Crippen molar-refractivity contribution in [3.05, 3.63) is 81.4 Å². The molecule has 0 bridgehead atoms. The van der Waals surface area contributed by atoms with Gasteiger partial charge in [-0.2, -0.15) is 4.98 Å². The van der Waals surface area contributed by atoms with E-state index in [9.17, 15) is 19.2 Å². The molecule has 1 aromatic carbocycles. The van der Waals surface area contributed by atoms with Crippen molar-refractivity contribution in [2.75, 3.05) is 42.9 Å². The number of ketones is 1. The summed E-state index contributed by atoms with van der Waals surface area (Å²) >= 11 is 0. The van der Waals surface area contributed by atoms with E-state index in [0.29, 0.717) is 41.7 Å². The summed E-state index contributed by atoms with van der Waals surface area (Å²) in [7, 11) is 0. The summed E-state index contributed by atoms with van der Waals surface area (Å²) in [5.41, 5.74) is 4.64. The van der Waals surface area contributed by atoms with Gasteiger partial charge in [-0.1, -0.05) is 31.0 Å². The first-order valence-electron chi connectivity index (χ1n) is 20.3. The fraction of sp³-hybridized carbons (Fsp3) is 0.512. The molecule has 2 amide bonds. The van der Waals surface area contributed by atoms with Gasteiger partial charge in [0.05, 0.1) is 11.5 Å². The lowest BCUT2D eigenvalue weighted by molar-refractivity contribution is -0.134. The number of piperidine rings is 3. The van der Waals surface area contributed by atoms with E-state index >= 15 is 0 Å². The first-order valence-corrected chi connectivity index (χ1v) is 20.3. The SMILES string of the molecule is CC(=O)c1c(C)c2cnc(Nc3ccc(C4CCN(CCC5CCN(c6ccc(C7CCC(=O)NC7=O)cc6)CC5)CC4)cn3)nc2n(C2CCCC2)c1=O. The number of rotatable bonds is 10. The molecular formula is C43H52N8O4. The third-order valence-corrected chi connectivity index (χ3v) is 12.7. The van der Waals surface area contributed by atoms with Crippen LogP contribution in [0.2, 0.25) is 0 Å². The summed E-state index contributed by atoms with van der Waals surface area (Å²) in [6.45, 7) is 8.71. The van der Waals surface area contributed by atoms with E-state index in [1.54, 1.807) is 10.8 Å². The second kappa shape index (κ2) is 16.0. The Kier molecular flexibility index (Phi) is 10.8. The summed E-state index contributed by atoms with van der Waals surface area (Å²) in [6.07, 6.45) is 14.5. The van der Waals surface area contributed by atoms with E-state index in [1.165, 1.54) is 37.4 Å². The smallest absolute Gasteiger partial charge is 0.263 e. The van der Waals surface area contributed by atoms with Crippen molar-refractivity contribution < 1.29 is 14.4 Å². The molecule has 12 nitrogen and oxygen atoms in total. The van der Waals surface area contributed by atoms with Crippen LogP contribution in [0.4, 0.5) is 17.5 Å². The molecule has 0 radical (unpaired) electrons. The minimum absolute atomic E-state index is 0.0325. The van der Waals surface area contributed by atoms with Crippen molar-refractivity contribution in [1.29, 1.82) is 0 Å². The number of anilines is 3. The second-order valence-electron chi connectivity index (χ2n) is 16.1. The van der Waals surface area contributed by atoms with Gasteiger partial charge in [0.1, 0.15) is 11.5 Å². The fourth-order valence-electron chi connectivity index (χ4n) is 9.41. The fourth-order valence-corrected chi connectivity index (χ4v) is 9.41. The lowest BCUT2D eigenvalue weighted by Crippen LogP contribution is -2.39. The van der Waals surface area contributed by atoms with E-state index in [1.807, 2.05) is 19.2 Å². The third-order valence-electron chi connectivity index (χ3n) is 12.7. The van der Waals surface area contributed by atoms with Crippen molar-refractivity contribution in [3.8, 4) is 0 Å². The largest absolute Gasteiger partial charge is 0.372 e. The predicted molar refractivity (Wildman–Crippen MR) is 213 cm³/mol. The quantitative estimate of drug-likeness (QED) is 0.135. The monoisotopic (exact) mass is 744 g/mol. The van der Waals surface area contributed by atoms with Crippen LogP contribution in [0.5, 0.6) is 0 Å². The number of carbonyl (C=O) groups is 3. The summed E-state index contributed by atoms with van der Waals surface area (Å²) < 4.78 is 1.74. The average molecular weight is 745 g/mol. The molecule has 55 heavy (non-hydrogen) atoms. The molecule has 3 saturated heterocycles. The number of likely N-dealkylation sites (tertiary alicyclic amines) is 1. The number of hydrogen-bond acceptors (Lipinski definition) is 10. The molecule has 3 aliphatic heterocycles. The number of fused-ring (bicyclic) bond motifs is 1. The normalized spacial score (nSPS) is 20.6. The highest BCUT2D eigenvalue weighted by atomic mass is 16.2. The van der Waals surface area contributed by atoms with Crippen LogP contribution in [0.25, 0.3) is 11.0 Å². The summed E-state index contributed by atoms with van der Waals surface area (Å²) in [5, 5.41) is 6.45. The molecule has 2 N–H and O–H groups in total. The molecule has 4 aliphatic rings. The van der Waals surface area contributed by atoms with Crippen LogP contribution >= 0.6 is 0 Å². The molecule has 288 valence electrons. The Morgan fingerprint density at radius 2 is 1.58 bits per heavy atom. The number of carbonyl (C=O) groups excluding carboxylic acids is 3. The van der Waals surface area contributed by atoms with Crippen molar-refractivity contribution in [1.82, 2.24) is 29.7 Å². The minimum Gasteiger partial charge on any atom is -0.372 e. The number of hydrogen-bond donors (Lipinski definition) is 2. The number of amides is 2. The summed E-state index contributed by atoms with van der Waals surface area (Å²) in [6, 6.07) is 12.5. The number of aromatic nitrogens is 4. The van der Waals surface area contributed by atoms with E-state index in [-0.39, 0.29) is 40.7 Å². The molecule has 4 aromatic rings. The number of Topliss-reactive ketones (excluding diaryl/α,β-unsaturated/α-hetero) is 1. The third kappa shape index (κ3) is 7.92. The Hall–Kier alpha value is -4.97. The maximum Gasteiger partial charge on any atom is 0.263 e. The van der Waals surface area contributed by atoms with Gasteiger partial charge in [-0.15, -0.1) is 0 Å². The van der Waals surface area contributed by atoms with E-state index in [0.717, 1.165) is 88.1 Å². The Labute approximate surface area is 322 Å². The van der Waals surface area contributed by atoms with Crippen LogP contribution < -0.4 is 21.1 Å². The number of benzene rings is 1. The Morgan fingerprint density at radius 1 is 0.855 bits per heavy atom. The van der Waals surface area contributed by atoms with Gasteiger partial charge in [0.25, 0.3) is 5.56 Å². The zero-order valence-corrected chi connectivity index (χ0v) is 32.1. The van der Waals surface area contributed by atoms with Gasteiger partial charge in [0.2, 0.25) is 17.8 Å². The van der Waals surface area contributed by atoms with Crippen molar-refractivity contribution in [2.45, 2.75) is 102 Å². The first-order chi connectivity index (χ1) is 26.7. The lowest BCUT2D eigenvalue weighted by Gasteiger charge is -2.36. The molecule has 1 saturated carbocycles. The van der Waals surface area contributed by atoms with Crippen LogP contribution in [0.15, 0.2) is 53.6 Å². The van der Waals surface area contributed by atoms with Crippen LogP contribution in [0.1, 0.15) is 122 Å². The molecule has 1 unspecified atom stereocenters. The number of aryl methyl sites for hydroxylation is 1. The Balaban J connectivity index is 0.808. The number of pyridine rings is 2. The van der Waals surface area contributed by atoms with Crippen LogP contribution in [-0.4, -0.2) is 74.7 Å². The topological polar surface area (TPSA) is 142 Å². The van der Waals surface area contributed by atoms with Crippen LogP contribution in [-0.2, 0) is 9.59 Å². The Bertz CT molecular complexity index is 2110. The molecular weight excluding hydrogens is 693 g/mol. The molecule has 0 spiro atoms. The summed E-state index contributed by atoms with van der Waals surface area (Å²) in [4.78, 5) is 69.0. The van der Waals surface area contributed by atoms with Crippen molar-refractivity contribution in [2.24, 2.45) is 5.92 Å². The minimum atomic E-state index is -0.252. The second-order valence-corrected chi connectivity index (χ2v) is 16.1. The van der Waals surface area contributed by atoms with E-state index < -0.39 is 0 Å². The van der Waals surface area contributed by atoms with Crippen LogP contribution in [0.3, 0.4) is 0 Å². The molecule has 3 aromatic heterocycles. The molecule has 8 rings (SSSR count). The molecule has 4 fully saturated rings. The predicted octanol–water partition coefficient (Wildman–Crippen LogP) is 6.56. The van der Waals surface area contributed by atoms with E-state index in [2.05, 4.69) is 55.7 Å². The van der Waals surface area contributed by atoms with Crippen molar-refractivity contribution >= 4 is 46.1 Å². The number of nitrogens with zero attached hydrogens (tertiary/aromatic N) is 6. The molecule has 1 atom stereocenters. The molecule has 6 heterocycles. The highest BCUT2D eigenvalue weighted by Crippen LogP contribution is 2.34. The zero-order chi connectivity index (χ0) is 38.1. The number of imide groups is 1. The first kappa shape index (κ1) is 37.0. The van der Waals surface area contributed by atoms with Crippen molar-refractivity contribution in [3.63, 3.8) is 0 Å². The van der Waals surface area contributed by atoms with Gasteiger partial charge in [0.15, 0.2) is 5.78 Å². The highest BCUT2D eigenvalue weighted by Gasteiger charge is 2.29. The van der Waals surface area contributed by atoms with Gasteiger partial charge < -0.3 is 15.1 Å². The summed E-state index contributed by atoms with van der Waals surface area (Å²) in [5.74, 6) is 1.45. The Morgan fingerprint density at radius 3 is 2.25 bits per heavy atom. The van der Waals surface area contributed by atoms with Gasteiger partial charge >= 0.3 is 0 Å². The molecule has 1 aliphatic carbocycles. The lowest BCUT2D eigenvalue weighted by atomic mass is 9.89. The zero-order valence-electron chi connectivity index (χ0n) is 32.1. The van der Waals surface area contributed by atoms with Crippen LogP contribution in [0, 0.1) is 12.8 Å². The van der Waals surface area contributed by atoms with Gasteiger partial charge in [-0.25, -0.2) is 9.97 Å². The average Bonchev–Trinajstić information content (AvgIpc) is 3.73. The number of nitrogens with one attached hydrogen (secondary N) is 2. The molecule has 12 heteroatoms. The van der Waals surface area contributed by atoms with E-state index in [4.69, 9.17) is 9.97 Å². The standard InChI is InChI=1S/C43H52N8O4/c1-27-36-26-45-43(48-40(36)51(34-5-3-4-6-34)42(55)39(27)28(2)52)46-37-13-9-32(25-44-37)30-18-21-49(22-19-30)20-15-29-16-23-50(24-17-29)33-10-7-31(8-11-33)35-12-14-38(53)47-41(35)54/h7-11,13,25-26,29-30,34-35H,3-6,12,14-24H2,1-2H3,(H,47,53,54)(H,44,45,46,48). The maximum absolute atomic E-state index is 13.6. The maximum atomic E-state index is 13.6. The highest BCUT2D eigenvalue weighted by molar-refractivity contribution is 6.01. The van der Waals surface area contributed by atoms with Gasteiger partial charge in [0, 0.05) is 49.0 Å². The van der Waals surface area contributed by atoms with Gasteiger partial charge in [-0.3, -0.25) is 29.1 Å². The van der Waals surface area contributed by atoms with Gasteiger partial charge in [-0.05, 0) is 132 Å².